The maximum absolute atomic E-state index is 11.9. The second-order valence-electron chi connectivity index (χ2n) is 5.50. The van der Waals surface area contributed by atoms with Gasteiger partial charge in [-0.15, -0.1) is 0 Å². The zero-order valence-corrected chi connectivity index (χ0v) is 14.3. The molecule has 0 aliphatic carbocycles. The summed E-state index contributed by atoms with van der Waals surface area (Å²) in [5, 5.41) is 3.05. The monoisotopic (exact) mass is 357 g/mol. The van der Waals surface area contributed by atoms with Crippen LogP contribution in [0.5, 0.6) is 0 Å². The molecule has 0 spiro atoms. The van der Waals surface area contributed by atoms with Crippen LogP contribution in [0.15, 0.2) is 48.8 Å². The van der Waals surface area contributed by atoms with Crippen molar-refractivity contribution in [1.29, 1.82) is 0 Å². The fourth-order valence-corrected chi connectivity index (χ4v) is 2.46. The fraction of sp³-hybridized carbons (Fsp3) is 0.167. The first-order chi connectivity index (χ1) is 12.0. The fourth-order valence-electron chi connectivity index (χ4n) is 2.34. The molecule has 1 aromatic carbocycles. The van der Waals surface area contributed by atoms with E-state index in [1.807, 2.05) is 35.9 Å². The van der Waals surface area contributed by atoms with Crippen LogP contribution in [-0.2, 0) is 16.1 Å². The largest absolute Gasteiger partial charge is 0.458 e. The summed E-state index contributed by atoms with van der Waals surface area (Å²) in [4.78, 5) is 28.1. The molecule has 128 valence electrons. The van der Waals surface area contributed by atoms with Gasteiger partial charge in [-0.25, -0.2) is 4.98 Å². The van der Waals surface area contributed by atoms with E-state index in [9.17, 15) is 9.59 Å². The maximum atomic E-state index is 11.9. The molecule has 0 radical (unpaired) electrons. The van der Waals surface area contributed by atoms with Crippen LogP contribution in [0, 0.1) is 6.92 Å². The third-order valence-corrected chi connectivity index (χ3v) is 3.86. The molecule has 3 aromatic rings. The average Bonchev–Trinajstić information content (AvgIpc) is 3.03. The maximum Gasteiger partial charge on any atom is 0.325 e. The first-order valence-corrected chi connectivity index (χ1v) is 8.03. The van der Waals surface area contributed by atoms with Gasteiger partial charge in [-0.1, -0.05) is 17.7 Å². The molecular weight excluding hydrogens is 342 g/mol. The van der Waals surface area contributed by atoms with Crippen molar-refractivity contribution in [3.05, 3.63) is 70.6 Å². The summed E-state index contributed by atoms with van der Waals surface area (Å²) in [5.74, 6) is -0.895. The van der Waals surface area contributed by atoms with E-state index in [2.05, 4.69) is 10.3 Å². The Morgan fingerprint density at radius 3 is 2.72 bits per heavy atom. The quantitative estimate of drug-likeness (QED) is 0.713. The smallest absolute Gasteiger partial charge is 0.325 e. The van der Waals surface area contributed by atoms with Crippen LogP contribution in [0.1, 0.15) is 21.6 Å². The van der Waals surface area contributed by atoms with Crippen LogP contribution in [0.4, 0.5) is 0 Å². The predicted molar refractivity (Wildman–Crippen MR) is 93.5 cm³/mol. The number of nitrogens with zero attached hydrogens (tertiary/aromatic N) is 2. The Labute approximate surface area is 149 Å². The molecule has 0 aliphatic heterocycles. The molecule has 3 rings (SSSR count). The first kappa shape index (κ1) is 17.0. The van der Waals surface area contributed by atoms with Gasteiger partial charge in [0.1, 0.15) is 18.8 Å². The molecule has 25 heavy (non-hydrogen) atoms. The van der Waals surface area contributed by atoms with Crippen molar-refractivity contribution in [2.45, 2.75) is 13.5 Å². The number of carbonyl (C=O) groups excluding carboxylic acids is 2. The summed E-state index contributed by atoms with van der Waals surface area (Å²) < 4.78 is 7.03. The van der Waals surface area contributed by atoms with Gasteiger partial charge in [0.05, 0.1) is 5.69 Å². The number of rotatable bonds is 5. The molecule has 0 unspecified atom stereocenters. The van der Waals surface area contributed by atoms with Gasteiger partial charge >= 0.3 is 5.97 Å². The molecule has 2 heterocycles. The lowest BCUT2D eigenvalue weighted by atomic mass is 10.2. The molecule has 6 nitrogen and oxygen atoms in total. The molecule has 0 saturated heterocycles. The van der Waals surface area contributed by atoms with Crippen molar-refractivity contribution in [2.24, 2.45) is 0 Å². The number of fused-ring (bicyclic) bond motifs is 1. The van der Waals surface area contributed by atoms with Gasteiger partial charge in [0, 0.05) is 23.0 Å². The van der Waals surface area contributed by atoms with Crippen molar-refractivity contribution < 1.29 is 14.3 Å². The predicted octanol–water partition coefficient (Wildman–Crippen LogP) is 2.77. The number of aromatic nitrogens is 2. The zero-order chi connectivity index (χ0) is 17.8. The van der Waals surface area contributed by atoms with Crippen molar-refractivity contribution in [3.8, 4) is 0 Å². The van der Waals surface area contributed by atoms with Crippen LogP contribution in [0.25, 0.3) is 5.65 Å². The average molecular weight is 358 g/mol. The Morgan fingerprint density at radius 1 is 1.24 bits per heavy atom. The summed E-state index contributed by atoms with van der Waals surface area (Å²) in [6.07, 6.45) is 3.69. The Morgan fingerprint density at radius 2 is 2.00 bits per heavy atom. The lowest BCUT2D eigenvalue weighted by Crippen LogP contribution is -2.30. The summed E-state index contributed by atoms with van der Waals surface area (Å²) in [7, 11) is 0. The Hall–Kier alpha value is -2.86. The Kier molecular flexibility index (Phi) is 5.00. The Bertz CT molecular complexity index is 919. The van der Waals surface area contributed by atoms with E-state index in [1.54, 1.807) is 24.3 Å². The third kappa shape index (κ3) is 4.16. The van der Waals surface area contributed by atoms with E-state index >= 15 is 0 Å². The minimum Gasteiger partial charge on any atom is -0.458 e. The molecule has 2 aromatic heterocycles. The van der Waals surface area contributed by atoms with E-state index in [0.717, 1.165) is 11.2 Å². The molecule has 0 atom stereocenters. The number of benzene rings is 1. The van der Waals surface area contributed by atoms with E-state index in [1.165, 1.54) is 0 Å². The van der Waals surface area contributed by atoms with Crippen LogP contribution in [0.3, 0.4) is 0 Å². The number of nitrogens with one attached hydrogen (secondary N) is 1. The molecule has 1 N–H and O–H groups in total. The second kappa shape index (κ2) is 7.36. The van der Waals surface area contributed by atoms with Gasteiger partial charge in [-0.3, -0.25) is 9.59 Å². The Balaban J connectivity index is 1.51. The van der Waals surface area contributed by atoms with Crippen molar-refractivity contribution in [2.75, 3.05) is 6.54 Å². The molecule has 7 heteroatoms. The molecule has 0 bridgehead atoms. The number of esters is 1. The molecule has 0 aliphatic rings. The highest BCUT2D eigenvalue weighted by Gasteiger charge is 2.10. The van der Waals surface area contributed by atoms with Gasteiger partial charge in [0.15, 0.2) is 0 Å². The topological polar surface area (TPSA) is 72.7 Å². The number of amides is 1. The van der Waals surface area contributed by atoms with Gasteiger partial charge in [-0.05, 0) is 42.8 Å². The molecule has 0 fully saturated rings. The number of ether oxygens (including phenoxy) is 1. The summed E-state index contributed by atoms with van der Waals surface area (Å²) >= 11 is 5.77. The van der Waals surface area contributed by atoms with Gasteiger partial charge < -0.3 is 14.5 Å². The number of hydrogen-bond acceptors (Lipinski definition) is 4. The minimum absolute atomic E-state index is 0.0523. The number of imidazole rings is 1. The van der Waals surface area contributed by atoms with Crippen molar-refractivity contribution in [3.63, 3.8) is 0 Å². The number of aryl methyl sites for hydroxylation is 1. The second-order valence-corrected chi connectivity index (χ2v) is 5.94. The highest BCUT2D eigenvalue weighted by atomic mass is 35.5. The lowest BCUT2D eigenvalue weighted by Gasteiger charge is -2.05. The standard InChI is InChI=1S/C18H16ClN3O3/c1-12-3-2-8-22-10-15(21-17(12)22)11-25-16(23)9-20-18(24)13-4-6-14(19)7-5-13/h2-8,10H,9,11H2,1H3,(H,20,24). The SMILES string of the molecule is Cc1cccn2cc(COC(=O)CNC(=O)c3ccc(Cl)cc3)nc12. The first-order valence-electron chi connectivity index (χ1n) is 7.65. The van der Waals surface area contributed by atoms with Gasteiger partial charge in [-0.2, -0.15) is 0 Å². The van der Waals surface area contributed by atoms with E-state index in [-0.39, 0.29) is 19.1 Å². The van der Waals surface area contributed by atoms with Crippen LogP contribution in [0.2, 0.25) is 5.02 Å². The number of pyridine rings is 1. The van der Waals surface area contributed by atoms with Gasteiger partial charge in [0.25, 0.3) is 5.91 Å². The lowest BCUT2D eigenvalue weighted by molar-refractivity contribution is -0.143. The van der Waals surface area contributed by atoms with Crippen molar-refractivity contribution in [1.82, 2.24) is 14.7 Å². The number of hydrogen-bond donors (Lipinski definition) is 1. The number of carbonyl (C=O) groups is 2. The summed E-state index contributed by atoms with van der Waals surface area (Å²) in [5.41, 5.74) is 2.93. The minimum atomic E-state index is -0.531. The highest BCUT2D eigenvalue weighted by Crippen LogP contribution is 2.11. The van der Waals surface area contributed by atoms with E-state index in [4.69, 9.17) is 16.3 Å². The molecule has 0 saturated carbocycles. The molecular formula is C18H16ClN3O3. The highest BCUT2D eigenvalue weighted by molar-refractivity contribution is 6.30. The van der Waals surface area contributed by atoms with E-state index in [0.29, 0.717) is 16.3 Å². The van der Waals surface area contributed by atoms with Gasteiger partial charge in [0.2, 0.25) is 0 Å². The van der Waals surface area contributed by atoms with Crippen molar-refractivity contribution >= 4 is 29.1 Å². The summed E-state index contributed by atoms with van der Waals surface area (Å²) in [6, 6.07) is 10.3. The normalized spacial score (nSPS) is 10.6. The van der Waals surface area contributed by atoms with Crippen LogP contribution in [-0.4, -0.2) is 27.8 Å². The third-order valence-electron chi connectivity index (χ3n) is 3.61. The number of halogens is 1. The summed E-state index contributed by atoms with van der Waals surface area (Å²) in [6.45, 7) is 1.80. The zero-order valence-electron chi connectivity index (χ0n) is 13.5. The molecule has 1 amide bonds. The van der Waals surface area contributed by atoms with Crippen LogP contribution >= 0.6 is 11.6 Å². The van der Waals surface area contributed by atoms with E-state index < -0.39 is 5.97 Å². The van der Waals surface area contributed by atoms with Crippen LogP contribution < -0.4 is 5.32 Å².